The van der Waals surface area contributed by atoms with Gasteiger partial charge in [-0.2, -0.15) is 11.3 Å². The van der Waals surface area contributed by atoms with Crippen LogP contribution in [0.5, 0.6) is 0 Å². The molecule has 1 aliphatic rings. The lowest BCUT2D eigenvalue weighted by molar-refractivity contribution is -0.00278. The second-order valence-electron chi connectivity index (χ2n) is 5.23. The Kier molecular flexibility index (Phi) is 4.65. The Morgan fingerprint density at radius 3 is 2.73 bits per heavy atom. The Balaban J connectivity index is 1.73. The average molecular weight is 315 g/mol. The van der Waals surface area contributed by atoms with E-state index in [1.165, 1.54) is 11.3 Å². The van der Waals surface area contributed by atoms with Gasteiger partial charge in [-0.25, -0.2) is 0 Å². The van der Waals surface area contributed by atoms with Gasteiger partial charge in [-0.3, -0.25) is 9.59 Å². The van der Waals surface area contributed by atoms with Crippen molar-refractivity contribution in [2.45, 2.75) is 12.5 Å². The lowest BCUT2D eigenvalue weighted by atomic mass is 10.0. The van der Waals surface area contributed by atoms with Crippen LogP contribution < -0.4 is 0 Å². The first kappa shape index (κ1) is 14.9. The minimum absolute atomic E-state index is 0.0181. The summed E-state index contributed by atoms with van der Waals surface area (Å²) >= 11 is 1.50. The third kappa shape index (κ3) is 3.26. The highest BCUT2D eigenvalue weighted by molar-refractivity contribution is 7.08. The van der Waals surface area contributed by atoms with Crippen LogP contribution in [0.3, 0.4) is 0 Å². The van der Waals surface area contributed by atoms with E-state index in [4.69, 9.17) is 4.74 Å². The molecule has 3 rings (SSSR count). The van der Waals surface area contributed by atoms with Crippen LogP contribution in [-0.4, -0.2) is 42.4 Å². The summed E-state index contributed by atoms with van der Waals surface area (Å²) in [6, 6.07) is 10.8. The molecular formula is C17H17NO3S. The third-order valence-electron chi connectivity index (χ3n) is 3.77. The van der Waals surface area contributed by atoms with E-state index in [9.17, 15) is 9.59 Å². The van der Waals surface area contributed by atoms with Gasteiger partial charge in [0, 0.05) is 23.9 Å². The monoisotopic (exact) mass is 315 g/mol. The van der Waals surface area contributed by atoms with Gasteiger partial charge in [-0.05, 0) is 11.4 Å². The number of amides is 1. The summed E-state index contributed by atoms with van der Waals surface area (Å²) in [6.07, 6.45) is 0.292. The van der Waals surface area contributed by atoms with Gasteiger partial charge >= 0.3 is 0 Å². The summed E-state index contributed by atoms with van der Waals surface area (Å²) in [5.74, 6) is 0.0228. The number of hydrogen-bond acceptors (Lipinski definition) is 4. The van der Waals surface area contributed by atoms with E-state index in [0.717, 1.165) is 0 Å². The molecule has 4 nitrogen and oxygen atoms in total. The van der Waals surface area contributed by atoms with Crippen LogP contribution in [0.2, 0.25) is 0 Å². The lowest BCUT2D eigenvalue weighted by Crippen LogP contribution is -2.49. The summed E-state index contributed by atoms with van der Waals surface area (Å²) < 4.78 is 5.47. The van der Waals surface area contributed by atoms with Gasteiger partial charge < -0.3 is 9.64 Å². The highest BCUT2D eigenvalue weighted by Gasteiger charge is 2.30. The van der Waals surface area contributed by atoms with Gasteiger partial charge in [0.05, 0.1) is 24.8 Å². The van der Waals surface area contributed by atoms with E-state index in [1.54, 1.807) is 17.0 Å². The Bertz CT molecular complexity index is 639. The molecule has 0 bridgehead atoms. The number of thiophene rings is 1. The van der Waals surface area contributed by atoms with E-state index >= 15 is 0 Å². The first-order valence-electron chi connectivity index (χ1n) is 7.25. The van der Waals surface area contributed by atoms with Gasteiger partial charge in [-0.1, -0.05) is 30.3 Å². The summed E-state index contributed by atoms with van der Waals surface area (Å²) in [6.45, 7) is 1.46. The number of carbonyl (C=O) groups excluding carboxylic acids is 2. The molecule has 1 fully saturated rings. The maximum atomic E-state index is 12.6. The van der Waals surface area contributed by atoms with Crippen molar-refractivity contribution < 1.29 is 14.3 Å². The zero-order chi connectivity index (χ0) is 15.4. The Hall–Kier alpha value is -1.98. The topological polar surface area (TPSA) is 46.6 Å². The molecule has 1 aromatic carbocycles. The van der Waals surface area contributed by atoms with Gasteiger partial charge in [0.2, 0.25) is 0 Å². The Labute approximate surface area is 133 Å². The third-order valence-corrected chi connectivity index (χ3v) is 4.46. The van der Waals surface area contributed by atoms with Crippen molar-refractivity contribution >= 4 is 23.0 Å². The standard InChI is InChI=1S/C17H17NO3S/c19-16(13-4-2-1-3-5-13)10-15-11-21-8-7-18(15)17(20)14-6-9-22-12-14/h1-6,9,12,15H,7-8,10-11H2. The second-order valence-corrected chi connectivity index (χ2v) is 6.01. The van der Waals surface area contributed by atoms with Crippen LogP contribution >= 0.6 is 11.3 Å². The molecule has 5 heteroatoms. The van der Waals surface area contributed by atoms with Gasteiger partial charge in [-0.15, -0.1) is 0 Å². The summed E-state index contributed by atoms with van der Waals surface area (Å²) in [5, 5.41) is 3.73. The van der Waals surface area contributed by atoms with Crippen LogP contribution in [0, 0.1) is 0 Å². The number of Topliss-reactive ketones (excluding diaryl/α,β-unsaturated/α-hetero) is 1. The number of ether oxygens (including phenoxy) is 1. The molecule has 1 amide bonds. The fourth-order valence-corrected chi connectivity index (χ4v) is 3.23. The number of morpholine rings is 1. The highest BCUT2D eigenvalue weighted by atomic mass is 32.1. The zero-order valence-corrected chi connectivity index (χ0v) is 12.9. The summed E-state index contributed by atoms with van der Waals surface area (Å²) in [4.78, 5) is 26.7. The van der Waals surface area contributed by atoms with Crippen molar-refractivity contribution in [1.82, 2.24) is 4.90 Å². The predicted molar refractivity (Wildman–Crippen MR) is 85.4 cm³/mol. The van der Waals surface area contributed by atoms with Crippen LogP contribution in [0.15, 0.2) is 47.2 Å². The molecule has 1 aliphatic heterocycles. The molecule has 1 unspecified atom stereocenters. The smallest absolute Gasteiger partial charge is 0.255 e. The molecule has 2 heterocycles. The molecule has 0 spiro atoms. The van der Waals surface area contributed by atoms with Crippen molar-refractivity contribution in [2.75, 3.05) is 19.8 Å². The van der Waals surface area contributed by atoms with E-state index < -0.39 is 0 Å². The number of ketones is 1. The molecule has 0 saturated carbocycles. The van der Waals surface area contributed by atoms with Gasteiger partial charge in [0.15, 0.2) is 5.78 Å². The normalized spacial score (nSPS) is 18.2. The van der Waals surface area contributed by atoms with E-state index in [0.29, 0.717) is 37.3 Å². The number of nitrogens with zero attached hydrogens (tertiary/aromatic N) is 1. The molecule has 22 heavy (non-hydrogen) atoms. The van der Waals surface area contributed by atoms with Crippen LogP contribution in [-0.2, 0) is 4.74 Å². The number of rotatable bonds is 4. The van der Waals surface area contributed by atoms with Crippen LogP contribution in [0.25, 0.3) is 0 Å². The quantitative estimate of drug-likeness (QED) is 0.815. The average Bonchev–Trinajstić information content (AvgIpc) is 3.10. The number of hydrogen-bond donors (Lipinski definition) is 0. The number of benzene rings is 1. The molecule has 114 valence electrons. The lowest BCUT2D eigenvalue weighted by Gasteiger charge is -2.35. The van der Waals surface area contributed by atoms with E-state index in [2.05, 4.69) is 0 Å². The fourth-order valence-electron chi connectivity index (χ4n) is 2.60. The Morgan fingerprint density at radius 1 is 1.18 bits per heavy atom. The van der Waals surface area contributed by atoms with Crippen molar-refractivity contribution in [3.63, 3.8) is 0 Å². The molecule has 0 aliphatic carbocycles. The summed E-state index contributed by atoms with van der Waals surface area (Å²) in [7, 11) is 0. The van der Waals surface area contributed by atoms with Gasteiger partial charge in [0.25, 0.3) is 5.91 Å². The van der Waals surface area contributed by atoms with E-state index in [1.807, 2.05) is 35.0 Å². The molecule has 0 radical (unpaired) electrons. The van der Waals surface area contributed by atoms with Crippen molar-refractivity contribution in [1.29, 1.82) is 0 Å². The zero-order valence-electron chi connectivity index (χ0n) is 12.1. The first-order valence-corrected chi connectivity index (χ1v) is 8.19. The van der Waals surface area contributed by atoms with Crippen LogP contribution in [0.4, 0.5) is 0 Å². The van der Waals surface area contributed by atoms with Crippen molar-refractivity contribution in [3.8, 4) is 0 Å². The highest BCUT2D eigenvalue weighted by Crippen LogP contribution is 2.18. The maximum Gasteiger partial charge on any atom is 0.255 e. The summed E-state index contributed by atoms with van der Waals surface area (Å²) in [5.41, 5.74) is 1.36. The largest absolute Gasteiger partial charge is 0.377 e. The first-order chi connectivity index (χ1) is 10.8. The number of carbonyl (C=O) groups is 2. The predicted octanol–water partition coefficient (Wildman–Crippen LogP) is 2.86. The van der Waals surface area contributed by atoms with Crippen molar-refractivity contribution in [2.24, 2.45) is 0 Å². The molecule has 1 aromatic heterocycles. The molecular weight excluding hydrogens is 298 g/mol. The maximum absolute atomic E-state index is 12.6. The molecule has 0 N–H and O–H groups in total. The minimum atomic E-state index is -0.200. The second kappa shape index (κ2) is 6.85. The van der Waals surface area contributed by atoms with E-state index in [-0.39, 0.29) is 17.7 Å². The van der Waals surface area contributed by atoms with Gasteiger partial charge in [0.1, 0.15) is 0 Å². The fraction of sp³-hybridized carbons (Fsp3) is 0.294. The minimum Gasteiger partial charge on any atom is -0.377 e. The molecule has 1 atom stereocenters. The molecule has 2 aromatic rings. The SMILES string of the molecule is O=C(CC1COCCN1C(=O)c1ccsc1)c1ccccc1. The van der Waals surface area contributed by atoms with Crippen LogP contribution in [0.1, 0.15) is 27.1 Å². The van der Waals surface area contributed by atoms with Crippen molar-refractivity contribution in [3.05, 3.63) is 58.3 Å². The molecule has 1 saturated heterocycles. The Morgan fingerprint density at radius 2 is 2.00 bits per heavy atom.